The van der Waals surface area contributed by atoms with E-state index >= 15 is 4.39 Å². The van der Waals surface area contributed by atoms with Crippen molar-refractivity contribution in [3.8, 4) is 17.1 Å². The smallest absolute Gasteiger partial charge is 0.306 e. The number of anilines is 1. The van der Waals surface area contributed by atoms with E-state index in [1.807, 2.05) is 25.6 Å². The van der Waals surface area contributed by atoms with Crippen LogP contribution in [0.4, 0.5) is 10.3 Å². The van der Waals surface area contributed by atoms with E-state index < -0.39 is 11.4 Å². The van der Waals surface area contributed by atoms with Crippen molar-refractivity contribution in [3.05, 3.63) is 93.7 Å². The maximum absolute atomic E-state index is 15.3. The zero-order chi connectivity index (χ0) is 30.1. The quantitative estimate of drug-likeness (QED) is 0.230. The number of rotatable bonds is 10. The molecule has 0 spiro atoms. The molecule has 0 saturated heterocycles. The molecule has 0 atom stereocenters. The Balaban J connectivity index is 1.46. The van der Waals surface area contributed by atoms with Crippen LogP contribution in [0.15, 0.2) is 59.8 Å². The van der Waals surface area contributed by atoms with Crippen molar-refractivity contribution in [1.29, 1.82) is 0 Å². The summed E-state index contributed by atoms with van der Waals surface area (Å²) in [6, 6.07) is 10.3. The van der Waals surface area contributed by atoms with Crippen molar-refractivity contribution in [3.63, 3.8) is 0 Å². The molecule has 0 amide bonds. The number of benzene rings is 2. The number of carbonyl (C=O) groups excluding carboxylic acids is 1. The topological polar surface area (TPSA) is 131 Å². The van der Waals surface area contributed by atoms with E-state index in [0.29, 0.717) is 46.1 Å². The third kappa shape index (κ3) is 6.14. The first kappa shape index (κ1) is 28.5. The van der Waals surface area contributed by atoms with Gasteiger partial charge in [-0.1, -0.05) is 18.2 Å². The summed E-state index contributed by atoms with van der Waals surface area (Å²) < 4.78 is 24.1. The summed E-state index contributed by atoms with van der Waals surface area (Å²) in [5, 5.41) is 4.75. The molecule has 1 saturated carbocycles. The lowest BCUT2D eigenvalue weighted by molar-refractivity contribution is -0.144. The fourth-order valence-corrected chi connectivity index (χ4v) is 5.52. The number of hydrogen-bond acceptors (Lipinski definition) is 9. The number of aromatic nitrogens is 6. The van der Waals surface area contributed by atoms with Crippen LogP contribution in [-0.2, 0) is 29.6 Å². The molecule has 0 bridgehead atoms. The largest absolute Gasteiger partial charge is 0.461 e. The minimum atomic E-state index is -0.551. The molecule has 2 aromatic carbocycles. The molecule has 3 aromatic heterocycles. The first-order chi connectivity index (χ1) is 20.8. The van der Waals surface area contributed by atoms with Crippen LogP contribution in [0.5, 0.6) is 0 Å². The zero-order valence-electron chi connectivity index (χ0n) is 23.8. The minimum absolute atomic E-state index is 0.00313. The van der Waals surface area contributed by atoms with Gasteiger partial charge in [-0.2, -0.15) is 26.8 Å². The number of pyridine rings is 1. The van der Waals surface area contributed by atoms with Crippen LogP contribution in [-0.4, -0.2) is 47.3 Å². The zero-order valence-corrected chi connectivity index (χ0v) is 24.6. The summed E-state index contributed by atoms with van der Waals surface area (Å²) in [7, 11) is 1.82. The number of nitrogen functional groups attached to an aromatic ring is 1. The predicted octanol–water partition coefficient (Wildman–Crippen LogP) is 4.56. The number of hydrogen-bond donors (Lipinski definition) is 1. The Morgan fingerprint density at radius 2 is 2.02 bits per heavy atom. The second kappa shape index (κ2) is 12.0. The standard InChI is InChI=1S/C31H30FN7O3S/c1-38-16-18(15-34-38)12-26-35-29(37-31(33)36-26)22-4-3-5-25(23(22)17-42-27(40)9-11-43-2)39-10-8-20-13-21(19-6-7-19)14-24(32)28(20)30(39)41/h3-5,8,10,13-16,19H,6-7,9,11-12,17H2,1-2H3,(H2,33,35,36,37). The molecule has 220 valence electrons. The van der Waals surface area contributed by atoms with Gasteiger partial charge in [-0.25, -0.2) is 9.37 Å². The highest BCUT2D eigenvalue weighted by atomic mass is 32.2. The Hall–Kier alpha value is -4.58. The Labute approximate surface area is 251 Å². The highest BCUT2D eigenvalue weighted by molar-refractivity contribution is 7.98. The molecule has 1 fully saturated rings. The normalized spacial score (nSPS) is 13.0. The number of nitrogens with zero attached hydrogens (tertiary/aromatic N) is 6. The van der Waals surface area contributed by atoms with Crippen molar-refractivity contribution in [2.75, 3.05) is 17.7 Å². The van der Waals surface area contributed by atoms with Crippen molar-refractivity contribution in [2.24, 2.45) is 7.05 Å². The van der Waals surface area contributed by atoms with E-state index in [4.69, 9.17) is 10.5 Å². The van der Waals surface area contributed by atoms with E-state index in [-0.39, 0.29) is 36.2 Å². The Kier molecular flexibility index (Phi) is 7.94. The van der Waals surface area contributed by atoms with Gasteiger partial charge in [0.05, 0.1) is 23.7 Å². The van der Waals surface area contributed by atoms with E-state index in [0.717, 1.165) is 24.0 Å². The Morgan fingerprint density at radius 3 is 2.77 bits per heavy atom. The number of nitrogens with two attached hydrogens (primary N) is 1. The molecule has 2 N–H and O–H groups in total. The van der Waals surface area contributed by atoms with E-state index in [2.05, 4.69) is 20.1 Å². The average molecular weight is 600 g/mol. The van der Waals surface area contributed by atoms with Crippen LogP contribution in [0, 0.1) is 5.82 Å². The monoisotopic (exact) mass is 599 g/mol. The maximum Gasteiger partial charge on any atom is 0.306 e. The summed E-state index contributed by atoms with van der Waals surface area (Å²) >= 11 is 1.54. The molecular formula is C31H30FN7O3S. The van der Waals surface area contributed by atoms with Crippen LogP contribution in [0.2, 0.25) is 0 Å². The van der Waals surface area contributed by atoms with E-state index in [1.165, 1.54) is 22.4 Å². The molecule has 5 aromatic rings. The van der Waals surface area contributed by atoms with Gasteiger partial charge in [-0.3, -0.25) is 18.8 Å². The summed E-state index contributed by atoms with van der Waals surface area (Å²) in [5.74, 6) is 0.742. The Morgan fingerprint density at radius 1 is 1.19 bits per heavy atom. The molecule has 1 aliphatic carbocycles. The molecule has 1 aliphatic rings. The van der Waals surface area contributed by atoms with Gasteiger partial charge in [-0.05, 0) is 59.7 Å². The lowest BCUT2D eigenvalue weighted by Crippen LogP contribution is -2.21. The molecule has 3 heterocycles. The number of esters is 1. The number of aryl methyl sites for hydroxylation is 1. The van der Waals surface area contributed by atoms with Gasteiger partial charge < -0.3 is 10.5 Å². The van der Waals surface area contributed by atoms with Crippen LogP contribution in [0.1, 0.15) is 47.7 Å². The van der Waals surface area contributed by atoms with Gasteiger partial charge in [0.15, 0.2) is 5.82 Å². The summed E-state index contributed by atoms with van der Waals surface area (Å²) in [6.45, 7) is -0.157. The number of thioether (sulfide) groups is 1. The number of carbonyl (C=O) groups is 1. The molecule has 12 heteroatoms. The molecule has 0 aliphatic heterocycles. The molecule has 0 radical (unpaired) electrons. The lowest BCUT2D eigenvalue weighted by atomic mass is 10.0. The first-order valence-corrected chi connectivity index (χ1v) is 15.3. The molecule has 43 heavy (non-hydrogen) atoms. The highest BCUT2D eigenvalue weighted by Gasteiger charge is 2.26. The average Bonchev–Trinajstić information content (AvgIpc) is 3.76. The molecule has 6 rings (SSSR count). The summed E-state index contributed by atoms with van der Waals surface area (Å²) in [4.78, 5) is 39.7. The third-order valence-electron chi connectivity index (χ3n) is 7.39. The van der Waals surface area contributed by atoms with Crippen molar-refractivity contribution < 1.29 is 13.9 Å². The first-order valence-electron chi connectivity index (χ1n) is 13.9. The van der Waals surface area contributed by atoms with Gasteiger partial charge in [0.2, 0.25) is 5.95 Å². The van der Waals surface area contributed by atoms with Gasteiger partial charge >= 0.3 is 5.97 Å². The molecule has 0 unspecified atom stereocenters. The molecule has 10 nitrogen and oxygen atoms in total. The van der Waals surface area contributed by atoms with E-state index in [9.17, 15) is 9.59 Å². The van der Waals surface area contributed by atoms with Crippen LogP contribution >= 0.6 is 11.8 Å². The van der Waals surface area contributed by atoms with Crippen LogP contribution < -0.4 is 11.3 Å². The predicted molar refractivity (Wildman–Crippen MR) is 164 cm³/mol. The van der Waals surface area contributed by atoms with Gasteiger partial charge in [-0.15, -0.1) is 0 Å². The summed E-state index contributed by atoms with van der Waals surface area (Å²) in [5.41, 5.74) is 8.80. The van der Waals surface area contributed by atoms with Gasteiger partial charge in [0, 0.05) is 42.7 Å². The van der Waals surface area contributed by atoms with Crippen LogP contribution in [0.3, 0.4) is 0 Å². The Bertz CT molecular complexity index is 1900. The summed E-state index contributed by atoms with van der Waals surface area (Å²) in [6.07, 6.45) is 9.77. The second-order valence-corrected chi connectivity index (χ2v) is 11.6. The number of ether oxygens (including phenoxy) is 1. The lowest BCUT2D eigenvalue weighted by Gasteiger charge is -2.17. The van der Waals surface area contributed by atoms with E-state index in [1.54, 1.807) is 41.3 Å². The third-order valence-corrected chi connectivity index (χ3v) is 8.00. The van der Waals surface area contributed by atoms with Gasteiger partial charge in [0.25, 0.3) is 5.56 Å². The minimum Gasteiger partial charge on any atom is -0.461 e. The van der Waals surface area contributed by atoms with Crippen molar-refractivity contribution >= 4 is 34.5 Å². The second-order valence-electron chi connectivity index (χ2n) is 10.6. The fraction of sp³-hybridized carbons (Fsp3) is 0.290. The number of fused-ring (bicyclic) bond motifs is 1. The SMILES string of the molecule is CSCCC(=O)OCc1c(-c2nc(N)nc(Cc3cnn(C)c3)n2)cccc1-n1ccc2cc(C3CC3)cc(F)c2c1=O. The van der Waals surface area contributed by atoms with Crippen LogP contribution in [0.25, 0.3) is 27.8 Å². The molecular weight excluding hydrogens is 569 g/mol. The fourth-order valence-electron chi connectivity index (χ4n) is 5.15. The van der Waals surface area contributed by atoms with Crippen molar-refractivity contribution in [1.82, 2.24) is 29.3 Å². The van der Waals surface area contributed by atoms with Crippen molar-refractivity contribution in [2.45, 2.75) is 38.2 Å². The highest BCUT2D eigenvalue weighted by Crippen LogP contribution is 2.41. The maximum atomic E-state index is 15.3. The van der Waals surface area contributed by atoms with Gasteiger partial charge in [0.1, 0.15) is 18.2 Å². The number of halogens is 1.